The molecule has 0 aromatic heterocycles. The van der Waals surface area contributed by atoms with E-state index in [1.807, 2.05) is 0 Å². The van der Waals surface area contributed by atoms with Crippen LogP contribution in [0, 0.1) is 11.8 Å². The van der Waals surface area contributed by atoms with Crippen molar-refractivity contribution in [3.63, 3.8) is 0 Å². The second kappa shape index (κ2) is 7.64. The molecule has 0 saturated carbocycles. The molecule has 0 saturated heterocycles. The Balaban J connectivity index is 1.89. The van der Waals surface area contributed by atoms with Crippen molar-refractivity contribution in [3.8, 4) is 0 Å². The molecule has 0 amide bonds. The van der Waals surface area contributed by atoms with Crippen LogP contribution in [0.25, 0.3) is 0 Å². The number of unbranched alkanes of at least 4 members (excludes halogenated alkanes) is 3. The van der Waals surface area contributed by atoms with E-state index in [-0.39, 0.29) is 0 Å². The van der Waals surface area contributed by atoms with Crippen molar-refractivity contribution in [3.05, 3.63) is 48.6 Å². The SMILES string of the molecule is CCCCCC[N+](C)(CC1C=CC=C1)CC1C=CC=C1. The average Bonchev–Trinajstić information content (AvgIpc) is 3.08. The van der Waals surface area contributed by atoms with Gasteiger partial charge in [-0.1, -0.05) is 68.4 Å². The zero-order valence-corrected chi connectivity index (χ0v) is 13.2. The second-order valence-corrected chi connectivity index (χ2v) is 6.64. The highest BCUT2D eigenvalue weighted by Gasteiger charge is 2.27. The molecule has 0 aliphatic heterocycles. The van der Waals surface area contributed by atoms with Crippen molar-refractivity contribution < 1.29 is 4.48 Å². The first-order chi connectivity index (χ1) is 9.72. The van der Waals surface area contributed by atoms with E-state index in [0.717, 1.165) is 0 Å². The lowest BCUT2D eigenvalue weighted by Gasteiger charge is -2.37. The lowest BCUT2D eigenvalue weighted by atomic mass is 10.0. The first-order valence-electron chi connectivity index (χ1n) is 8.25. The van der Waals surface area contributed by atoms with Gasteiger partial charge in [0.2, 0.25) is 0 Å². The van der Waals surface area contributed by atoms with Crippen molar-refractivity contribution >= 4 is 0 Å². The minimum absolute atomic E-state index is 0.639. The Labute approximate surface area is 125 Å². The number of quaternary nitrogens is 1. The fourth-order valence-electron chi connectivity index (χ4n) is 3.39. The van der Waals surface area contributed by atoms with E-state index in [4.69, 9.17) is 0 Å². The predicted octanol–water partition coefficient (Wildman–Crippen LogP) is 4.50. The van der Waals surface area contributed by atoms with Crippen LogP contribution in [0.15, 0.2) is 48.6 Å². The molecular formula is C19H30N+. The highest BCUT2D eigenvalue weighted by molar-refractivity contribution is 5.18. The first-order valence-corrected chi connectivity index (χ1v) is 8.25. The van der Waals surface area contributed by atoms with Crippen molar-refractivity contribution in [2.45, 2.75) is 32.6 Å². The molecule has 0 bridgehead atoms. The van der Waals surface area contributed by atoms with E-state index in [0.29, 0.717) is 11.8 Å². The lowest BCUT2D eigenvalue weighted by Crippen LogP contribution is -2.49. The van der Waals surface area contributed by atoms with Gasteiger partial charge in [-0.15, -0.1) is 0 Å². The fraction of sp³-hybridized carbons (Fsp3) is 0.579. The van der Waals surface area contributed by atoms with Gasteiger partial charge in [0.05, 0.1) is 26.7 Å². The molecule has 0 fully saturated rings. The van der Waals surface area contributed by atoms with E-state index >= 15 is 0 Å². The van der Waals surface area contributed by atoms with Crippen molar-refractivity contribution in [2.24, 2.45) is 11.8 Å². The van der Waals surface area contributed by atoms with Gasteiger partial charge in [-0.3, -0.25) is 0 Å². The van der Waals surface area contributed by atoms with Gasteiger partial charge in [-0.2, -0.15) is 0 Å². The summed E-state index contributed by atoms with van der Waals surface area (Å²) in [5.41, 5.74) is 0. The van der Waals surface area contributed by atoms with Crippen molar-refractivity contribution in [1.29, 1.82) is 0 Å². The van der Waals surface area contributed by atoms with E-state index in [2.05, 4.69) is 62.6 Å². The standard InChI is InChI=1S/C19H30N/c1-3-4-5-10-15-20(2,16-18-11-6-7-12-18)17-19-13-8-9-14-19/h6-9,11-14,18-19H,3-5,10,15-17H2,1-2H3/q+1. The second-order valence-electron chi connectivity index (χ2n) is 6.64. The Kier molecular flexibility index (Phi) is 5.85. The zero-order valence-electron chi connectivity index (χ0n) is 13.2. The van der Waals surface area contributed by atoms with Gasteiger partial charge in [-0.05, 0) is 12.8 Å². The van der Waals surface area contributed by atoms with E-state index in [9.17, 15) is 0 Å². The molecule has 0 N–H and O–H groups in total. The quantitative estimate of drug-likeness (QED) is 0.428. The maximum absolute atomic E-state index is 2.45. The Bertz CT molecular complexity index is 346. The van der Waals surface area contributed by atoms with Crippen LogP contribution >= 0.6 is 0 Å². The van der Waals surface area contributed by atoms with Crippen LogP contribution in [0.1, 0.15) is 32.6 Å². The van der Waals surface area contributed by atoms with Crippen LogP contribution in [0.5, 0.6) is 0 Å². The highest BCUT2D eigenvalue weighted by atomic mass is 15.3. The van der Waals surface area contributed by atoms with Gasteiger partial charge in [0.25, 0.3) is 0 Å². The van der Waals surface area contributed by atoms with Gasteiger partial charge in [0.15, 0.2) is 0 Å². The third kappa shape index (κ3) is 4.79. The minimum Gasteiger partial charge on any atom is -0.325 e. The van der Waals surface area contributed by atoms with E-state index in [1.165, 1.54) is 49.8 Å². The molecule has 110 valence electrons. The summed E-state index contributed by atoms with van der Waals surface area (Å²) in [6.07, 6.45) is 23.6. The van der Waals surface area contributed by atoms with Crippen LogP contribution < -0.4 is 0 Å². The summed E-state index contributed by atoms with van der Waals surface area (Å²) in [7, 11) is 2.45. The Hall–Kier alpha value is -1.08. The van der Waals surface area contributed by atoms with Gasteiger partial charge >= 0.3 is 0 Å². The highest BCUT2D eigenvalue weighted by Crippen LogP contribution is 2.21. The topological polar surface area (TPSA) is 0 Å². The average molecular weight is 272 g/mol. The van der Waals surface area contributed by atoms with Crippen LogP contribution in [-0.4, -0.2) is 31.2 Å². The van der Waals surface area contributed by atoms with Crippen LogP contribution in [-0.2, 0) is 0 Å². The minimum atomic E-state index is 0.639. The van der Waals surface area contributed by atoms with Crippen LogP contribution in [0.2, 0.25) is 0 Å². The third-order valence-electron chi connectivity index (χ3n) is 4.51. The summed E-state index contributed by atoms with van der Waals surface area (Å²) in [5.74, 6) is 1.28. The molecule has 0 heterocycles. The Morgan fingerprint density at radius 1 is 0.750 bits per heavy atom. The molecule has 0 aromatic rings. The largest absolute Gasteiger partial charge is 0.325 e. The number of hydrogen-bond donors (Lipinski definition) is 0. The number of hydrogen-bond acceptors (Lipinski definition) is 0. The molecule has 0 spiro atoms. The van der Waals surface area contributed by atoms with Gasteiger partial charge in [-0.25, -0.2) is 0 Å². The van der Waals surface area contributed by atoms with Gasteiger partial charge in [0.1, 0.15) is 0 Å². The third-order valence-corrected chi connectivity index (χ3v) is 4.51. The Morgan fingerprint density at radius 3 is 1.70 bits per heavy atom. The first kappa shape index (κ1) is 15.3. The molecular weight excluding hydrogens is 242 g/mol. The summed E-state index contributed by atoms with van der Waals surface area (Å²) in [4.78, 5) is 0. The number of allylic oxidation sites excluding steroid dienone is 4. The summed E-state index contributed by atoms with van der Waals surface area (Å²) >= 11 is 0. The zero-order chi connectivity index (χ0) is 14.3. The van der Waals surface area contributed by atoms with Crippen molar-refractivity contribution in [1.82, 2.24) is 0 Å². The monoisotopic (exact) mass is 272 g/mol. The number of rotatable bonds is 9. The lowest BCUT2D eigenvalue weighted by molar-refractivity contribution is -0.913. The molecule has 2 aliphatic rings. The molecule has 2 aliphatic carbocycles. The summed E-state index contributed by atoms with van der Waals surface area (Å²) in [5, 5.41) is 0. The molecule has 1 heteroatoms. The van der Waals surface area contributed by atoms with Gasteiger partial charge < -0.3 is 4.48 Å². The van der Waals surface area contributed by atoms with Gasteiger partial charge in [0, 0.05) is 11.8 Å². The predicted molar refractivity (Wildman–Crippen MR) is 88.5 cm³/mol. The van der Waals surface area contributed by atoms with Crippen LogP contribution in [0.4, 0.5) is 0 Å². The molecule has 0 aromatic carbocycles. The number of nitrogens with zero attached hydrogens (tertiary/aromatic N) is 1. The summed E-state index contributed by atoms with van der Waals surface area (Å²) < 4.78 is 1.20. The van der Waals surface area contributed by atoms with Crippen molar-refractivity contribution in [2.75, 3.05) is 26.7 Å². The molecule has 20 heavy (non-hydrogen) atoms. The molecule has 1 nitrogen and oxygen atoms in total. The molecule has 0 unspecified atom stereocenters. The maximum atomic E-state index is 2.45. The molecule has 2 rings (SSSR count). The molecule has 0 atom stereocenters. The van der Waals surface area contributed by atoms with Crippen LogP contribution in [0.3, 0.4) is 0 Å². The smallest absolute Gasteiger partial charge is 0.0883 e. The van der Waals surface area contributed by atoms with E-state index in [1.54, 1.807) is 0 Å². The summed E-state index contributed by atoms with van der Waals surface area (Å²) in [6.45, 7) is 6.10. The Morgan fingerprint density at radius 2 is 1.25 bits per heavy atom. The molecule has 0 radical (unpaired) electrons. The summed E-state index contributed by atoms with van der Waals surface area (Å²) in [6, 6.07) is 0. The normalized spacial score (nSPS) is 18.7. The maximum Gasteiger partial charge on any atom is 0.0883 e. The van der Waals surface area contributed by atoms with E-state index < -0.39 is 0 Å². The fourth-order valence-corrected chi connectivity index (χ4v) is 3.39.